The maximum atomic E-state index is 12.8. The van der Waals surface area contributed by atoms with Crippen molar-refractivity contribution in [2.75, 3.05) is 13.1 Å². The molecule has 0 radical (unpaired) electrons. The monoisotopic (exact) mass is 308 g/mol. The van der Waals surface area contributed by atoms with Crippen LogP contribution in [0.1, 0.15) is 73.1 Å². The van der Waals surface area contributed by atoms with Gasteiger partial charge in [0.25, 0.3) is 5.91 Å². The Morgan fingerprint density at radius 1 is 1.27 bits per heavy atom. The summed E-state index contributed by atoms with van der Waals surface area (Å²) in [6, 6.07) is 0. The Kier molecular flexibility index (Phi) is 5.94. The predicted molar refractivity (Wildman–Crippen MR) is 87.4 cm³/mol. The van der Waals surface area contributed by atoms with Crippen molar-refractivity contribution in [1.82, 2.24) is 9.88 Å². The molecule has 0 bridgehead atoms. The highest BCUT2D eigenvalue weighted by atomic mass is 16.3. The number of hydrogen-bond donors (Lipinski definition) is 2. The fourth-order valence-corrected chi connectivity index (χ4v) is 2.79. The lowest BCUT2D eigenvalue weighted by Crippen LogP contribution is -2.42. The molecule has 1 aromatic rings. The summed E-state index contributed by atoms with van der Waals surface area (Å²) in [5, 5.41) is 9.98. The van der Waals surface area contributed by atoms with Crippen LogP contribution < -0.4 is 0 Å². The summed E-state index contributed by atoms with van der Waals surface area (Å²) in [4.78, 5) is 29.4. The highest BCUT2D eigenvalue weighted by Gasteiger charge is 2.27. The Bertz CT molecular complexity index is 553. The second-order valence-electron chi connectivity index (χ2n) is 6.42. The van der Waals surface area contributed by atoms with Crippen LogP contribution in [0.4, 0.5) is 0 Å². The Morgan fingerprint density at radius 2 is 1.86 bits per heavy atom. The number of aromatic amines is 1. The van der Waals surface area contributed by atoms with Gasteiger partial charge in [0, 0.05) is 24.3 Å². The van der Waals surface area contributed by atoms with E-state index in [1.54, 1.807) is 18.7 Å². The summed E-state index contributed by atoms with van der Waals surface area (Å²) in [5.74, 6) is -0.189. The Balaban J connectivity index is 3.27. The largest absolute Gasteiger partial charge is 0.389 e. The van der Waals surface area contributed by atoms with Gasteiger partial charge in [-0.1, -0.05) is 13.3 Å². The van der Waals surface area contributed by atoms with Crippen molar-refractivity contribution in [2.24, 2.45) is 0 Å². The summed E-state index contributed by atoms with van der Waals surface area (Å²) in [6.45, 7) is 11.4. The molecule has 0 saturated heterocycles. The summed E-state index contributed by atoms with van der Waals surface area (Å²) in [7, 11) is 0. The molecule has 124 valence electrons. The molecule has 1 amide bonds. The van der Waals surface area contributed by atoms with E-state index in [9.17, 15) is 14.7 Å². The molecule has 0 aliphatic carbocycles. The molecule has 0 aliphatic heterocycles. The molecule has 0 spiro atoms. The lowest BCUT2D eigenvalue weighted by molar-refractivity contribution is 0.0311. The molecular formula is C17H28N2O3. The van der Waals surface area contributed by atoms with Gasteiger partial charge in [-0.15, -0.1) is 0 Å². The number of H-pyrrole nitrogens is 1. The van der Waals surface area contributed by atoms with E-state index in [1.807, 2.05) is 20.8 Å². The van der Waals surface area contributed by atoms with E-state index >= 15 is 0 Å². The predicted octanol–water partition coefficient (Wildman–Crippen LogP) is 2.71. The number of aryl methyl sites for hydroxylation is 1. The second-order valence-corrected chi connectivity index (χ2v) is 6.42. The quantitative estimate of drug-likeness (QED) is 0.761. The smallest absolute Gasteiger partial charge is 0.270 e. The zero-order valence-electron chi connectivity index (χ0n) is 14.5. The van der Waals surface area contributed by atoms with Crippen LogP contribution in [-0.2, 0) is 6.42 Å². The second kappa shape index (κ2) is 7.09. The fourth-order valence-electron chi connectivity index (χ4n) is 2.79. The Hall–Kier alpha value is -1.62. The number of aliphatic hydroxyl groups is 1. The standard InChI is InChI=1S/C17H28N2O3/c1-7-9-13-14(12(4)20)11(3)18-15(13)16(21)19(8-2)10-17(5,6)22/h18,22H,7-10H2,1-6H3. The SMILES string of the molecule is CCCc1c(C(=O)N(CC)CC(C)(C)O)[nH]c(C)c1C(C)=O. The van der Waals surface area contributed by atoms with Gasteiger partial charge in [0.15, 0.2) is 5.78 Å². The third-order valence-corrected chi connectivity index (χ3v) is 3.60. The van der Waals surface area contributed by atoms with Crippen molar-refractivity contribution in [3.8, 4) is 0 Å². The number of hydrogen-bond acceptors (Lipinski definition) is 3. The minimum Gasteiger partial charge on any atom is -0.389 e. The van der Waals surface area contributed by atoms with Crippen molar-refractivity contribution >= 4 is 11.7 Å². The molecule has 22 heavy (non-hydrogen) atoms. The van der Waals surface area contributed by atoms with Gasteiger partial charge in [-0.25, -0.2) is 0 Å². The van der Waals surface area contributed by atoms with Gasteiger partial charge >= 0.3 is 0 Å². The molecule has 0 aromatic carbocycles. The highest BCUT2D eigenvalue weighted by Crippen LogP contribution is 2.23. The lowest BCUT2D eigenvalue weighted by atomic mass is 10.0. The molecule has 1 aromatic heterocycles. The number of ketones is 1. The lowest BCUT2D eigenvalue weighted by Gasteiger charge is -2.28. The molecular weight excluding hydrogens is 280 g/mol. The maximum absolute atomic E-state index is 12.8. The van der Waals surface area contributed by atoms with E-state index in [0.717, 1.165) is 17.7 Å². The number of nitrogens with zero attached hydrogens (tertiary/aromatic N) is 1. The first kappa shape index (κ1) is 18.4. The number of carbonyl (C=O) groups excluding carboxylic acids is 2. The van der Waals surface area contributed by atoms with Crippen molar-refractivity contribution in [2.45, 2.75) is 60.0 Å². The number of Topliss-reactive ketones (excluding diaryl/α,β-unsaturated/α-hetero) is 1. The topological polar surface area (TPSA) is 73.4 Å². The molecule has 0 atom stereocenters. The normalized spacial score (nSPS) is 11.6. The Labute approximate surface area is 132 Å². The van der Waals surface area contributed by atoms with E-state index < -0.39 is 5.60 Å². The van der Waals surface area contributed by atoms with Gasteiger partial charge in [-0.3, -0.25) is 9.59 Å². The van der Waals surface area contributed by atoms with Crippen molar-refractivity contribution in [1.29, 1.82) is 0 Å². The van der Waals surface area contributed by atoms with E-state index in [-0.39, 0.29) is 18.2 Å². The molecule has 5 nitrogen and oxygen atoms in total. The molecule has 0 saturated carbocycles. The number of carbonyl (C=O) groups is 2. The first-order valence-electron chi connectivity index (χ1n) is 7.86. The van der Waals surface area contributed by atoms with E-state index in [1.165, 1.54) is 6.92 Å². The Morgan fingerprint density at radius 3 is 2.27 bits per heavy atom. The zero-order valence-corrected chi connectivity index (χ0v) is 14.5. The number of rotatable bonds is 7. The zero-order chi connectivity index (χ0) is 17.1. The van der Waals surface area contributed by atoms with E-state index in [4.69, 9.17) is 0 Å². The minimum absolute atomic E-state index is 0.0261. The minimum atomic E-state index is -0.957. The third kappa shape index (κ3) is 4.19. The van der Waals surface area contributed by atoms with Gasteiger partial charge in [-0.2, -0.15) is 0 Å². The van der Waals surface area contributed by atoms with Crippen LogP contribution in [0.25, 0.3) is 0 Å². The van der Waals surface area contributed by atoms with Crippen molar-refractivity contribution in [3.05, 3.63) is 22.5 Å². The van der Waals surface area contributed by atoms with Crippen LogP contribution in [0.2, 0.25) is 0 Å². The molecule has 1 rings (SSSR count). The average molecular weight is 308 g/mol. The van der Waals surface area contributed by atoms with Crippen molar-refractivity contribution in [3.63, 3.8) is 0 Å². The van der Waals surface area contributed by atoms with Crippen LogP contribution in [0.5, 0.6) is 0 Å². The maximum Gasteiger partial charge on any atom is 0.270 e. The van der Waals surface area contributed by atoms with Crippen LogP contribution in [-0.4, -0.2) is 45.4 Å². The van der Waals surface area contributed by atoms with Gasteiger partial charge in [-0.05, 0) is 46.6 Å². The summed E-state index contributed by atoms with van der Waals surface area (Å²) in [5.41, 5.74) is 1.69. The van der Waals surface area contributed by atoms with Gasteiger partial charge in [0.05, 0.1) is 5.60 Å². The number of aromatic nitrogens is 1. The van der Waals surface area contributed by atoms with E-state index in [0.29, 0.717) is 24.2 Å². The summed E-state index contributed by atoms with van der Waals surface area (Å²) >= 11 is 0. The van der Waals surface area contributed by atoms with Gasteiger partial charge in [0.2, 0.25) is 0 Å². The molecule has 1 heterocycles. The first-order chi connectivity index (χ1) is 10.1. The molecule has 0 aliphatic rings. The van der Waals surface area contributed by atoms with Crippen molar-refractivity contribution < 1.29 is 14.7 Å². The molecule has 5 heteroatoms. The van der Waals surface area contributed by atoms with Gasteiger partial charge in [0.1, 0.15) is 5.69 Å². The van der Waals surface area contributed by atoms with Crippen LogP contribution in [0, 0.1) is 6.92 Å². The first-order valence-corrected chi connectivity index (χ1v) is 7.86. The highest BCUT2D eigenvalue weighted by molar-refractivity contribution is 6.02. The van der Waals surface area contributed by atoms with Crippen LogP contribution >= 0.6 is 0 Å². The fraction of sp³-hybridized carbons (Fsp3) is 0.647. The molecule has 0 unspecified atom stereocenters. The number of amides is 1. The van der Waals surface area contributed by atoms with Gasteiger partial charge < -0.3 is 15.0 Å². The van der Waals surface area contributed by atoms with E-state index in [2.05, 4.69) is 4.98 Å². The van der Waals surface area contributed by atoms with Crippen LogP contribution in [0.15, 0.2) is 0 Å². The molecule has 0 fully saturated rings. The third-order valence-electron chi connectivity index (χ3n) is 3.60. The summed E-state index contributed by atoms with van der Waals surface area (Å²) in [6.07, 6.45) is 1.54. The number of likely N-dealkylation sites (N-methyl/N-ethyl adjacent to an activating group) is 1. The number of nitrogens with one attached hydrogen (secondary N) is 1. The van der Waals surface area contributed by atoms with Crippen LogP contribution in [0.3, 0.4) is 0 Å². The summed E-state index contributed by atoms with van der Waals surface area (Å²) < 4.78 is 0. The average Bonchev–Trinajstić information content (AvgIpc) is 2.71. The molecule has 2 N–H and O–H groups in total.